The average Bonchev–Trinajstić information content (AvgIpc) is 2.30. The molecule has 3 nitrogen and oxygen atoms in total. The van der Waals surface area contributed by atoms with Crippen LogP contribution in [-0.4, -0.2) is 18.6 Å². The highest BCUT2D eigenvalue weighted by atomic mass is 19.1. The van der Waals surface area contributed by atoms with Crippen LogP contribution in [0.1, 0.15) is 26.3 Å². The molecule has 0 aliphatic carbocycles. The lowest BCUT2D eigenvalue weighted by atomic mass is 10.2. The van der Waals surface area contributed by atoms with Gasteiger partial charge in [0, 0.05) is 6.54 Å². The van der Waals surface area contributed by atoms with Crippen LogP contribution in [0.5, 0.6) is 5.75 Å². The zero-order valence-electron chi connectivity index (χ0n) is 11.3. The van der Waals surface area contributed by atoms with Gasteiger partial charge in [0.1, 0.15) is 0 Å². The third-order valence-corrected chi connectivity index (χ3v) is 2.44. The first-order valence-electron chi connectivity index (χ1n) is 6.10. The number of carbonyl (C=O) groups excluding carboxylic acids is 1. The standard InChI is InChI=1S/C14H20FNO2/c1-9(2)8-16-14(17)11(4)18-13-7-10(3)5-6-12(13)15/h5-7,9,11H,8H2,1-4H3,(H,16,17). The van der Waals surface area contributed by atoms with E-state index in [1.807, 2.05) is 20.8 Å². The topological polar surface area (TPSA) is 38.3 Å². The molecular weight excluding hydrogens is 233 g/mol. The van der Waals surface area contributed by atoms with E-state index < -0.39 is 11.9 Å². The number of hydrogen-bond donors (Lipinski definition) is 1. The molecule has 0 aliphatic rings. The number of hydrogen-bond acceptors (Lipinski definition) is 2. The number of halogens is 1. The summed E-state index contributed by atoms with van der Waals surface area (Å²) in [6.45, 7) is 8.05. The number of nitrogens with one attached hydrogen (secondary N) is 1. The highest BCUT2D eigenvalue weighted by Crippen LogP contribution is 2.19. The Labute approximate surface area is 107 Å². The van der Waals surface area contributed by atoms with Gasteiger partial charge in [0.25, 0.3) is 5.91 Å². The molecule has 1 atom stereocenters. The molecule has 0 saturated carbocycles. The highest BCUT2D eigenvalue weighted by molar-refractivity contribution is 5.80. The molecule has 0 spiro atoms. The zero-order chi connectivity index (χ0) is 13.7. The molecule has 100 valence electrons. The minimum Gasteiger partial charge on any atom is -0.478 e. The van der Waals surface area contributed by atoms with E-state index >= 15 is 0 Å². The molecule has 0 saturated heterocycles. The third kappa shape index (κ3) is 4.35. The van der Waals surface area contributed by atoms with Gasteiger partial charge < -0.3 is 10.1 Å². The van der Waals surface area contributed by atoms with E-state index in [4.69, 9.17) is 4.74 Å². The SMILES string of the molecule is Cc1ccc(F)c(OC(C)C(=O)NCC(C)C)c1. The Balaban J connectivity index is 2.60. The molecule has 1 rings (SSSR count). The summed E-state index contributed by atoms with van der Waals surface area (Å²) in [6.07, 6.45) is -0.708. The fraction of sp³-hybridized carbons (Fsp3) is 0.500. The van der Waals surface area contributed by atoms with Gasteiger partial charge in [0.2, 0.25) is 0 Å². The lowest BCUT2D eigenvalue weighted by Gasteiger charge is -2.16. The number of ether oxygens (including phenoxy) is 1. The van der Waals surface area contributed by atoms with E-state index in [2.05, 4.69) is 5.32 Å². The quantitative estimate of drug-likeness (QED) is 0.876. The summed E-state index contributed by atoms with van der Waals surface area (Å²) in [6, 6.07) is 4.58. The summed E-state index contributed by atoms with van der Waals surface area (Å²) in [7, 11) is 0. The predicted octanol–water partition coefficient (Wildman–Crippen LogP) is 2.67. The Hall–Kier alpha value is -1.58. The molecule has 0 bridgehead atoms. The smallest absolute Gasteiger partial charge is 0.260 e. The highest BCUT2D eigenvalue weighted by Gasteiger charge is 2.16. The monoisotopic (exact) mass is 253 g/mol. The maximum Gasteiger partial charge on any atom is 0.260 e. The van der Waals surface area contributed by atoms with Crippen LogP contribution < -0.4 is 10.1 Å². The summed E-state index contributed by atoms with van der Waals surface area (Å²) in [5.41, 5.74) is 0.890. The summed E-state index contributed by atoms with van der Waals surface area (Å²) in [5.74, 6) is -0.201. The number of aryl methyl sites for hydroxylation is 1. The van der Waals surface area contributed by atoms with Gasteiger partial charge in [-0.2, -0.15) is 0 Å². The second-order valence-corrected chi connectivity index (χ2v) is 4.83. The van der Waals surface area contributed by atoms with Crippen molar-refractivity contribution in [2.75, 3.05) is 6.54 Å². The lowest BCUT2D eigenvalue weighted by molar-refractivity contribution is -0.127. The van der Waals surface area contributed by atoms with Gasteiger partial charge in [-0.25, -0.2) is 4.39 Å². The Kier molecular flexibility index (Phi) is 5.13. The van der Waals surface area contributed by atoms with E-state index in [0.29, 0.717) is 12.5 Å². The molecule has 0 fully saturated rings. The van der Waals surface area contributed by atoms with E-state index in [9.17, 15) is 9.18 Å². The van der Waals surface area contributed by atoms with Crippen LogP contribution >= 0.6 is 0 Å². The van der Waals surface area contributed by atoms with Crippen LogP contribution in [0.25, 0.3) is 0 Å². The number of rotatable bonds is 5. The van der Waals surface area contributed by atoms with Crippen LogP contribution in [0.3, 0.4) is 0 Å². The Bertz CT molecular complexity index is 418. The first kappa shape index (κ1) is 14.5. The lowest BCUT2D eigenvalue weighted by Crippen LogP contribution is -2.38. The molecule has 0 aliphatic heterocycles. The number of amides is 1. The van der Waals surface area contributed by atoms with Crippen molar-refractivity contribution in [3.63, 3.8) is 0 Å². The fourth-order valence-electron chi connectivity index (χ4n) is 1.39. The molecule has 1 N–H and O–H groups in total. The molecule has 0 aromatic heterocycles. The average molecular weight is 253 g/mol. The summed E-state index contributed by atoms with van der Waals surface area (Å²) < 4.78 is 18.8. The van der Waals surface area contributed by atoms with Gasteiger partial charge in [-0.15, -0.1) is 0 Å². The molecular formula is C14H20FNO2. The van der Waals surface area contributed by atoms with Gasteiger partial charge in [0.05, 0.1) is 0 Å². The molecule has 1 aromatic rings. The van der Waals surface area contributed by atoms with Crippen molar-refractivity contribution >= 4 is 5.91 Å². The molecule has 4 heteroatoms. The first-order valence-corrected chi connectivity index (χ1v) is 6.10. The Morgan fingerprint density at radius 1 is 1.39 bits per heavy atom. The van der Waals surface area contributed by atoms with Crippen molar-refractivity contribution in [3.05, 3.63) is 29.6 Å². The molecule has 1 amide bonds. The largest absolute Gasteiger partial charge is 0.478 e. The molecule has 0 radical (unpaired) electrons. The van der Waals surface area contributed by atoms with Crippen LogP contribution in [0, 0.1) is 18.7 Å². The van der Waals surface area contributed by atoms with E-state index in [0.717, 1.165) is 5.56 Å². The van der Waals surface area contributed by atoms with E-state index in [1.165, 1.54) is 6.07 Å². The Morgan fingerprint density at radius 2 is 2.06 bits per heavy atom. The van der Waals surface area contributed by atoms with E-state index in [1.54, 1.807) is 19.1 Å². The van der Waals surface area contributed by atoms with Crippen molar-refractivity contribution in [2.24, 2.45) is 5.92 Å². The van der Waals surface area contributed by atoms with Crippen LogP contribution in [-0.2, 0) is 4.79 Å². The van der Waals surface area contributed by atoms with Crippen molar-refractivity contribution in [1.29, 1.82) is 0 Å². The summed E-state index contributed by atoms with van der Waals surface area (Å²) in [5, 5.41) is 2.75. The molecule has 0 heterocycles. The summed E-state index contributed by atoms with van der Waals surface area (Å²) >= 11 is 0. The normalized spacial score (nSPS) is 12.3. The predicted molar refractivity (Wildman–Crippen MR) is 69.1 cm³/mol. The van der Waals surface area contributed by atoms with Crippen molar-refractivity contribution in [2.45, 2.75) is 33.8 Å². The molecule has 1 aromatic carbocycles. The zero-order valence-corrected chi connectivity index (χ0v) is 11.3. The minimum absolute atomic E-state index is 0.113. The van der Waals surface area contributed by atoms with Gasteiger partial charge in [-0.3, -0.25) is 4.79 Å². The maximum absolute atomic E-state index is 13.5. The summed E-state index contributed by atoms with van der Waals surface area (Å²) in [4.78, 5) is 11.7. The number of benzene rings is 1. The van der Waals surface area contributed by atoms with Gasteiger partial charge in [-0.05, 0) is 37.5 Å². The van der Waals surface area contributed by atoms with Gasteiger partial charge >= 0.3 is 0 Å². The third-order valence-electron chi connectivity index (χ3n) is 2.44. The van der Waals surface area contributed by atoms with Gasteiger partial charge in [-0.1, -0.05) is 19.9 Å². The second kappa shape index (κ2) is 6.38. The van der Waals surface area contributed by atoms with Crippen molar-refractivity contribution in [1.82, 2.24) is 5.32 Å². The maximum atomic E-state index is 13.5. The number of carbonyl (C=O) groups is 1. The molecule has 18 heavy (non-hydrogen) atoms. The molecule has 1 unspecified atom stereocenters. The fourth-order valence-corrected chi connectivity index (χ4v) is 1.39. The minimum atomic E-state index is -0.708. The van der Waals surface area contributed by atoms with Crippen LogP contribution in [0.4, 0.5) is 4.39 Å². The first-order chi connectivity index (χ1) is 8.40. The van der Waals surface area contributed by atoms with Crippen molar-refractivity contribution < 1.29 is 13.9 Å². The van der Waals surface area contributed by atoms with Crippen LogP contribution in [0.15, 0.2) is 18.2 Å². The second-order valence-electron chi connectivity index (χ2n) is 4.83. The van der Waals surface area contributed by atoms with Crippen LogP contribution in [0.2, 0.25) is 0 Å². The van der Waals surface area contributed by atoms with Crippen molar-refractivity contribution in [3.8, 4) is 5.75 Å². The van der Waals surface area contributed by atoms with Gasteiger partial charge in [0.15, 0.2) is 17.7 Å². The Morgan fingerprint density at radius 3 is 2.67 bits per heavy atom. The van der Waals surface area contributed by atoms with E-state index in [-0.39, 0.29) is 11.7 Å².